The Bertz CT molecular complexity index is 1080. The van der Waals surface area contributed by atoms with E-state index in [4.69, 9.17) is 4.52 Å². The summed E-state index contributed by atoms with van der Waals surface area (Å²) in [6.45, 7) is 2.40. The van der Waals surface area contributed by atoms with Crippen LogP contribution in [0.1, 0.15) is 28.7 Å². The number of hydrogen-bond acceptors (Lipinski definition) is 4. The van der Waals surface area contributed by atoms with Gasteiger partial charge in [0.05, 0.1) is 6.54 Å². The fourth-order valence-electron chi connectivity index (χ4n) is 3.29. The predicted molar refractivity (Wildman–Crippen MR) is 103 cm³/mol. The van der Waals surface area contributed by atoms with Crippen LogP contribution in [0.25, 0.3) is 22.2 Å². The highest BCUT2D eigenvalue weighted by Crippen LogP contribution is 2.25. The molecule has 0 saturated heterocycles. The van der Waals surface area contributed by atoms with Crippen LogP contribution in [0.4, 0.5) is 0 Å². The van der Waals surface area contributed by atoms with E-state index in [-0.39, 0.29) is 5.91 Å². The molecule has 1 N–H and O–H groups in total. The summed E-state index contributed by atoms with van der Waals surface area (Å²) in [6.07, 6.45) is 4.20. The highest BCUT2D eigenvalue weighted by atomic mass is 16.5. The number of carbonyl (C=O) groups is 1. The van der Waals surface area contributed by atoms with Crippen LogP contribution in [0, 0.1) is 0 Å². The van der Waals surface area contributed by atoms with Gasteiger partial charge in [-0.3, -0.25) is 9.78 Å². The summed E-state index contributed by atoms with van der Waals surface area (Å²) >= 11 is 0. The summed E-state index contributed by atoms with van der Waals surface area (Å²) < 4.78 is 5.42. The first-order valence-electron chi connectivity index (χ1n) is 8.88. The van der Waals surface area contributed by atoms with Crippen molar-refractivity contribution in [2.45, 2.75) is 19.9 Å². The second-order valence-corrected chi connectivity index (χ2v) is 6.45. The summed E-state index contributed by atoms with van der Waals surface area (Å²) in [4.78, 5) is 21.9. The van der Waals surface area contributed by atoms with E-state index in [1.807, 2.05) is 42.5 Å². The average molecular weight is 360 g/mol. The van der Waals surface area contributed by atoms with Crippen molar-refractivity contribution in [3.8, 4) is 11.3 Å². The quantitative estimate of drug-likeness (QED) is 0.582. The van der Waals surface area contributed by atoms with Crippen molar-refractivity contribution in [1.29, 1.82) is 0 Å². The minimum atomic E-state index is -0.0649. The minimum absolute atomic E-state index is 0.0649. The molecule has 0 spiro atoms. The number of hydrogen-bond donors (Lipinski definition) is 1. The van der Waals surface area contributed by atoms with Crippen LogP contribution in [0.15, 0.2) is 59.4 Å². The fraction of sp³-hybridized carbons (Fsp3) is 0.190. The maximum absolute atomic E-state index is 13.0. The first-order chi connectivity index (χ1) is 13.2. The molecular formula is C21H20N4O2. The molecule has 3 aromatic heterocycles. The molecule has 4 aromatic rings. The number of benzene rings is 1. The van der Waals surface area contributed by atoms with Crippen LogP contribution in [-0.2, 0) is 13.0 Å². The molecular weight excluding hydrogens is 340 g/mol. The number of carbonyl (C=O) groups excluding carboxylic acids is 1. The second-order valence-electron chi connectivity index (χ2n) is 6.45. The Morgan fingerprint density at radius 3 is 2.74 bits per heavy atom. The number of rotatable bonds is 5. The van der Waals surface area contributed by atoms with Crippen molar-refractivity contribution in [3.05, 3.63) is 71.9 Å². The third kappa shape index (κ3) is 3.21. The molecule has 0 fully saturated rings. The molecule has 4 rings (SSSR count). The van der Waals surface area contributed by atoms with Gasteiger partial charge in [0.1, 0.15) is 11.4 Å². The van der Waals surface area contributed by atoms with Gasteiger partial charge in [-0.05, 0) is 30.2 Å². The number of pyridine rings is 1. The molecule has 0 saturated carbocycles. The maximum Gasteiger partial charge on any atom is 0.270 e. The maximum atomic E-state index is 13.0. The van der Waals surface area contributed by atoms with Gasteiger partial charge in [-0.1, -0.05) is 30.3 Å². The molecule has 1 amide bonds. The largest absolute Gasteiger partial charge is 0.359 e. The molecule has 136 valence electrons. The van der Waals surface area contributed by atoms with E-state index in [2.05, 4.69) is 22.0 Å². The van der Waals surface area contributed by atoms with Crippen LogP contribution in [-0.4, -0.2) is 33.0 Å². The third-order valence-corrected chi connectivity index (χ3v) is 4.66. The van der Waals surface area contributed by atoms with Crippen LogP contribution in [0.3, 0.4) is 0 Å². The number of nitrogens with one attached hydrogen (secondary N) is 1. The number of aryl methyl sites for hydroxylation is 1. The van der Waals surface area contributed by atoms with Crippen molar-refractivity contribution >= 4 is 16.8 Å². The van der Waals surface area contributed by atoms with E-state index < -0.39 is 0 Å². The lowest BCUT2D eigenvalue weighted by Gasteiger charge is -2.15. The van der Waals surface area contributed by atoms with Gasteiger partial charge in [0.25, 0.3) is 5.91 Å². The lowest BCUT2D eigenvalue weighted by Crippen LogP contribution is -2.27. The van der Waals surface area contributed by atoms with Crippen molar-refractivity contribution in [2.24, 2.45) is 0 Å². The third-order valence-electron chi connectivity index (χ3n) is 4.66. The Kier molecular flexibility index (Phi) is 4.46. The van der Waals surface area contributed by atoms with Crippen molar-refractivity contribution in [3.63, 3.8) is 0 Å². The van der Waals surface area contributed by atoms with Gasteiger partial charge >= 0.3 is 0 Å². The van der Waals surface area contributed by atoms with Crippen molar-refractivity contribution < 1.29 is 9.32 Å². The smallest absolute Gasteiger partial charge is 0.270 e. The van der Waals surface area contributed by atoms with Gasteiger partial charge in [-0.15, -0.1) is 0 Å². The molecule has 0 unspecified atom stereocenters. The number of H-pyrrole nitrogens is 1. The number of aromatic nitrogens is 3. The zero-order valence-electron chi connectivity index (χ0n) is 15.3. The van der Waals surface area contributed by atoms with Gasteiger partial charge in [0.15, 0.2) is 5.76 Å². The van der Waals surface area contributed by atoms with Crippen molar-refractivity contribution in [1.82, 2.24) is 20.0 Å². The predicted octanol–water partition coefficient (Wildman–Crippen LogP) is 4.05. The van der Waals surface area contributed by atoms with Crippen LogP contribution >= 0.6 is 0 Å². The molecule has 0 atom stereocenters. The first-order valence-corrected chi connectivity index (χ1v) is 8.88. The molecule has 0 aliphatic heterocycles. The summed E-state index contributed by atoms with van der Waals surface area (Å²) in [5.74, 6) is 0.566. The number of nitrogens with zero attached hydrogens (tertiary/aromatic N) is 3. The highest BCUT2D eigenvalue weighted by Gasteiger charge is 2.21. The summed E-state index contributed by atoms with van der Waals surface area (Å²) in [5.41, 5.74) is 4.31. The number of amides is 1. The van der Waals surface area contributed by atoms with Gasteiger partial charge in [0.2, 0.25) is 0 Å². The minimum Gasteiger partial charge on any atom is -0.359 e. The first kappa shape index (κ1) is 17.0. The molecule has 1 aromatic carbocycles. The highest BCUT2D eigenvalue weighted by molar-refractivity contribution is 6.00. The molecule has 6 nitrogen and oxygen atoms in total. The average Bonchev–Trinajstić information content (AvgIpc) is 3.32. The van der Waals surface area contributed by atoms with E-state index in [0.29, 0.717) is 18.0 Å². The summed E-state index contributed by atoms with van der Waals surface area (Å²) in [7, 11) is 1.77. The Hall–Kier alpha value is -3.41. The van der Waals surface area contributed by atoms with Gasteiger partial charge in [-0.25, -0.2) is 0 Å². The standard InChI is InChI=1S/C21H20N4O2/c1-3-16-17-6-4-5-7-18(17)23-20(16)21(26)25(2)13-15-12-19(24-27-15)14-8-10-22-11-9-14/h4-12,23H,3,13H2,1-2H3. The zero-order chi connectivity index (χ0) is 18.8. The number of para-hydroxylation sites is 1. The molecule has 6 heteroatoms. The molecule has 27 heavy (non-hydrogen) atoms. The lowest BCUT2D eigenvalue weighted by molar-refractivity contribution is 0.0766. The van der Waals surface area contributed by atoms with Gasteiger partial charge < -0.3 is 14.4 Å². The Balaban J connectivity index is 1.56. The topological polar surface area (TPSA) is 75.0 Å². The molecule has 3 heterocycles. The monoisotopic (exact) mass is 360 g/mol. The second kappa shape index (κ2) is 7.07. The van der Waals surface area contributed by atoms with E-state index in [1.54, 1.807) is 24.3 Å². The van der Waals surface area contributed by atoms with E-state index >= 15 is 0 Å². The number of aromatic amines is 1. The normalized spacial score (nSPS) is 11.0. The van der Waals surface area contributed by atoms with E-state index in [0.717, 1.165) is 34.1 Å². The van der Waals surface area contributed by atoms with Gasteiger partial charge in [-0.2, -0.15) is 0 Å². The molecule has 0 bridgehead atoms. The van der Waals surface area contributed by atoms with Crippen LogP contribution in [0.2, 0.25) is 0 Å². The Labute approximate surface area is 156 Å². The SMILES string of the molecule is CCc1c(C(=O)N(C)Cc2cc(-c3ccncc3)no2)[nH]c2ccccc12. The molecule has 0 radical (unpaired) electrons. The summed E-state index contributed by atoms with van der Waals surface area (Å²) in [5, 5.41) is 5.19. The molecule has 0 aliphatic rings. The van der Waals surface area contributed by atoms with Crippen molar-refractivity contribution in [2.75, 3.05) is 7.05 Å². The Morgan fingerprint density at radius 2 is 1.96 bits per heavy atom. The fourth-order valence-corrected chi connectivity index (χ4v) is 3.29. The lowest BCUT2D eigenvalue weighted by atomic mass is 10.1. The zero-order valence-corrected chi connectivity index (χ0v) is 15.3. The van der Waals surface area contributed by atoms with Crippen LogP contribution < -0.4 is 0 Å². The van der Waals surface area contributed by atoms with Gasteiger partial charge in [0, 0.05) is 42.0 Å². The van der Waals surface area contributed by atoms with E-state index in [9.17, 15) is 4.79 Å². The van der Waals surface area contributed by atoms with E-state index in [1.165, 1.54) is 0 Å². The molecule has 0 aliphatic carbocycles. The number of fused-ring (bicyclic) bond motifs is 1. The van der Waals surface area contributed by atoms with Crippen LogP contribution in [0.5, 0.6) is 0 Å². The Morgan fingerprint density at radius 1 is 1.19 bits per heavy atom. The summed E-state index contributed by atoms with van der Waals surface area (Å²) in [6, 6.07) is 13.6.